The molecule has 0 saturated heterocycles. The van der Waals surface area contributed by atoms with E-state index in [1.54, 1.807) is 4.40 Å². The van der Waals surface area contributed by atoms with Gasteiger partial charge in [-0.05, 0) is 25.8 Å². The fourth-order valence-electron chi connectivity index (χ4n) is 1.96. The SMILES string of the molecule is Cc1c(C2CC2)nc2nc(C(F)(F)F)ccn12. The lowest BCUT2D eigenvalue weighted by molar-refractivity contribution is -0.141. The molecule has 1 aliphatic carbocycles. The summed E-state index contributed by atoms with van der Waals surface area (Å²) in [5.74, 6) is 0.547. The summed E-state index contributed by atoms with van der Waals surface area (Å²) in [5, 5.41) is 0. The first-order valence-corrected chi connectivity index (χ1v) is 5.39. The minimum atomic E-state index is -4.42. The number of hydrogen-bond donors (Lipinski definition) is 0. The Morgan fingerprint density at radius 2 is 2.00 bits per heavy atom. The largest absolute Gasteiger partial charge is 0.433 e. The van der Waals surface area contributed by atoms with Gasteiger partial charge in [0, 0.05) is 17.8 Å². The van der Waals surface area contributed by atoms with Gasteiger partial charge in [-0.2, -0.15) is 13.2 Å². The van der Waals surface area contributed by atoms with Gasteiger partial charge >= 0.3 is 6.18 Å². The molecule has 0 spiro atoms. The van der Waals surface area contributed by atoms with Crippen LogP contribution in [0.1, 0.15) is 35.8 Å². The quantitative estimate of drug-likeness (QED) is 0.768. The van der Waals surface area contributed by atoms with Crippen LogP contribution in [-0.4, -0.2) is 14.4 Å². The van der Waals surface area contributed by atoms with E-state index in [4.69, 9.17) is 0 Å². The van der Waals surface area contributed by atoms with Crippen molar-refractivity contribution in [3.8, 4) is 0 Å². The van der Waals surface area contributed by atoms with Gasteiger partial charge in [0.15, 0.2) is 0 Å². The molecule has 0 unspecified atom stereocenters. The number of halogens is 3. The van der Waals surface area contributed by atoms with Crippen LogP contribution in [0, 0.1) is 6.92 Å². The fourth-order valence-corrected chi connectivity index (χ4v) is 1.96. The highest BCUT2D eigenvalue weighted by Crippen LogP contribution is 2.41. The molecule has 17 heavy (non-hydrogen) atoms. The molecule has 2 aromatic heterocycles. The molecule has 1 saturated carbocycles. The van der Waals surface area contributed by atoms with Gasteiger partial charge in [0.2, 0.25) is 5.78 Å². The van der Waals surface area contributed by atoms with E-state index >= 15 is 0 Å². The fraction of sp³-hybridized carbons (Fsp3) is 0.455. The van der Waals surface area contributed by atoms with Crippen LogP contribution in [0.3, 0.4) is 0 Å². The maximum absolute atomic E-state index is 12.5. The Balaban J connectivity index is 2.17. The predicted molar refractivity (Wildman–Crippen MR) is 54.7 cm³/mol. The van der Waals surface area contributed by atoms with Crippen molar-refractivity contribution in [2.75, 3.05) is 0 Å². The second kappa shape index (κ2) is 3.21. The highest BCUT2D eigenvalue weighted by Gasteiger charge is 2.34. The molecule has 1 fully saturated rings. The Labute approximate surface area is 95.3 Å². The summed E-state index contributed by atoms with van der Waals surface area (Å²) >= 11 is 0. The lowest BCUT2D eigenvalue weighted by Gasteiger charge is -2.05. The van der Waals surface area contributed by atoms with E-state index in [1.165, 1.54) is 6.20 Å². The van der Waals surface area contributed by atoms with Gasteiger partial charge in [-0.25, -0.2) is 9.97 Å². The minimum absolute atomic E-state index is 0.138. The Morgan fingerprint density at radius 3 is 2.59 bits per heavy atom. The van der Waals surface area contributed by atoms with Crippen LogP contribution in [0.5, 0.6) is 0 Å². The smallest absolute Gasteiger partial charge is 0.288 e. The zero-order valence-corrected chi connectivity index (χ0v) is 9.12. The monoisotopic (exact) mass is 241 g/mol. The number of nitrogens with zero attached hydrogens (tertiary/aromatic N) is 3. The van der Waals surface area contributed by atoms with Gasteiger partial charge in [-0.15, -0.1) is 0 Å². The van der Waals surface area contributed by atoms with Crippen LogP contribution < -0.4 is 0 Å². The van der Waals surface area contributed by atoms with Gasteiger partial charge < -0.3 is 0 Å². The van der Waals surface area contributed by atoms with Crippen molar-refractivity contribution in [1.29, 1.82) is 0 Å². The zero-order valence-electron chi connectivity index (χ0n) is 9.12. The molecule has 3 nitrogen and oxygen atoms in total. The van der Waals surface area contributed by atoms with E-state index in [9.17, 15) is 13.2 Å². The number of imidazole rings is 1. The second-order valence-corrected chi connectivity index (χ2v) is 4.34. The van der Waals surface area contributed by atoms with Gasteiger partial charge in [0.1, 0.15) is 5.69 Å². The van der Waals surface area contributed by atoms with Crippen molar-refractivity contribution in [3.05, 3.63) is 29.3 Å². The molecule has 6 heteroatoms. The first kappa shape index (κ1) is 10.6. The lowest BCUT2D eigenvalue weighted by atomic mass is 10.2. The summed E-state index contributed by atoms with van der Waals surface area (Å²) in [6.45, 7) is 1.86. The molecule has 0 aliphatic heterocycles. The molecular weight excluding hydrogens is 231 g/mol. The van der Waals surface area contributed by atoms with Gasteiger partial charge in [-0.1, -0.05) is 0 Å². The van der Waals surface area contributed by atoms with Gasteiger partial charge in [0.05, 0.1) is 5.69 Å². The molecule has 0 bridgehead atoms. The molecule has 90 valence electrons. The van der Waals surface area contributed by atoms with Gasteiger partial charge in [-0.3, -0.25) is 4.40 Å². The van der Waals surface area contributed by atoms with Crippen LogP contribution in [-0.2, 0) is 6.18 Å². The topological polar surface area (TPSA) is 30.2 Å². The average Bonchev–Trinajstić information content (AvgIpc) is 3.03. The number of hydrogen-bond acceptors (Lipinski definition) is 2. The highest BCUT2D eigenvalue weighted by atomic mass is 19.4. The van der Waals surface area contributed by atoms with Crippen molar-refractivity contribution < 1.29 is 13.2 Å². The maximum Gasteiger partial charge on any atom is 0.433 e. The van der Waals surface area contributed by atoms with Crippen molar-refractivity contribution in [2.45, 2.75) is 31.9 Å². The molecule has 2 aromatic rings. The molecule has 2 heterocycles. The summed E-state index contributed by atoms with van der Waals surface area (Å²) in [6, 6.07) is 0.984. The molecule has 0 amide bonds. The molecular formula is C11H10F3N3. The number of alkyl halides is 3. The van der Waals surface area contributed by atoms with Crippen LogP contribution >= 0.6 is 0 Å². The molecule has 0 N–H and O–H groups in total. The zero-order chi connectivity index (χ0) is 12.2. The maximum atomic E-state index is 12.5. The third kappa shape index (κ3) is 1.67. The van der Waals surface area contributed by atoms with Crippen LogP contribution in [0.2, 0.25) is 0 Å². The van der Waals surface area contributed by atoms with E-state index in [2.05, 4.69) is 9.97 Å². The number of rotatable bonds is 1. The summed E-state index contributed by atoms with van der Waals surface area (Å²) in [5.41, 5.74) is 0.887. The Bertz CT molecular complexity index is 581. The predicted octanol–water partition coefficient (Wildman–Crippen LogP) is 2.93. The summed E-state index contributed by atoms with van der Waals surface area (Å²) in [6.07, 6.45) is -0.894. The van der Waals surface area contributed by atoms with E-state index < -0.39 is 11.9 Å². The first-order valence-electron chi connectivity index (χ1n) is 5.39. The number of fused-ring (bicyclic) bond motifs is 1. The lowest BCUT2D eigenvalue weighted by Crippen LogP contribution is -2.09. The summed E-state index contributed by atoms with van der Waals surface area (Å²) in [4.78, 5) is 7.77. The van der Waals surface area contributed by atoms with Crippen molar-refractivity contribution >= 4 is 5.78 Å². The molecule has 1 aliphatic rings. The number of aryl methyl sites for hydroxylation is 1. The third-order valence-corrected chi connectivity index (χ3v) is 3.02. The van der Waals surface area contributed by atoms with Crippen molar-refractivity contribution in [2.24, 2.45) is 0 Å². The van der Waals surface area contributed by atoms with E-state index in [0.717, 1.165) is 30.3 Å². The van der Waals surface area contributed by atoms with Crippen LogP contribution in [0.25, 0.3) is 5.78 Å². The second-order valence-electron chi connectivity index (χ2n) is 4.34. The Morgan fingerprint density at radius 1 is 1.29 bits per heavy atom. The Kier molecular flexibility index (Phi) is 1.99. The molecule has 0 atom stereocenters. The van der Waals surface area contributed by atoms with E-state index in [0.29, 0.717) is 5.92 Å². The summed E-state index contributed by atoms with van der Waals surface area (Å²) < 4.78 is 39.1. The first-order chi connectivity index (χ1) is 7.97. The van der Waals surface area contributed by atoms with Crippen LogP contribution in [0.15, 0.2) is 12.3 Å². The molecule has 0 radical (unpaired) electrons. The third-order valence-electron chi connectivity index (χ3n) is 3.02. The highest BCUT2D eigenvalue weighted by molar-refractivity contribution is 5.39. The summed E-state index contributed by atoms with van der Waals surface area (Å²) in [7, 11) is 0. The average molecular weight is 241 g/mol. The molecule has 0 aromatic carbocycles. The van der Waals surface area contributed by atoms with Crippen molar-refractivity contribution in [1.82, 2.24) is 14.4 Å². The Hall–Kier alpha value is -1.59. The van der Waals surface area contributed by atoms with E-state index in [1.807, 2.05) is 6.92 Å². The van der Waals surface area contributed by atoms with E-state index in [-0.39, 0.29) is 5.78 Å². The van der Waals surface area contributed by atoms with Crippen LogP contribution in [0.4, 0.5) is 13.2 Å². The normalized spacial score (nSPS) is 16.7. The van der Waals surface area contributed by atoms with Crippen molar-refractivity contribution in [3.63, 3.8) is 0 Å². The molecule has 3 rings (SSSR count). The number of aromatic nitrogens is 3. The minimum Gasteiger partial charge on any atom is -0.288 e. The standard InChI is InChI=1S/C11H10F3N3/c1-6-9(7-2-3-7)16-10-15-8(11(12,13)14)4-5-17(6)10/h4-5,7H,2-3H2,1H3. The van der Waals surface area contributed by atoms with Gasteiger partial charge in [0.25, 0.3) is 0 Å².